The van der Waals surface area contributed by atoms with Gasteiger partial charge in [-0.2, -0.15) is 45.1 Å². The normalized spacial score (nSPS) is 16.2. The molecule has 2 heterocycles. The number of quaternary nitrogens is 2. The summed E-state index contributed by atoms with van der Waals surface area (Å²) in [5.41, 5.74) is -2.58. The van der Waals surface area contributed by atoms with Gasteiger partial charge in [-0.3, -0.25) is 4.90 Å². The summed E-state index contributed by atoms with van der Waals surface area (Å²) < 4.78 is 79.1. The zero-order chi connectivity index (χ0) is 33.4. The lowest BCUT2D eigenvalue weighted by atomic mass is 9.89. The van der Waals surface area contributed by atoms with Crippen LogP contribution in [0, 0.1) is 12.8 Å². The van der Waals surface area contributed by atoms with E-state index in [1.807, 2.05) is 27.1 Å². The van der Waals surface area contributed by atoms with Crippen molar-refractivity contribution in [2.75, 3.05) is 41.3 Å². The number of aryl methyl sites for hydroxylation is 1. The van der Waals surface area contributed by atoms with Crippen LogP contribution in [0.4, 0.5) is 42.6 Å². The molecule has 13 heteroatoms. The summed E-state index contributed by atoms with van der Waals surface area (Å²) in [6.45, 7) is 3.83. The van der Waals surface area contributed by atoms with Crippen LogP contribution in [0.2, 0.25) is 0 Å². The summed E-state index contributed by atoms with van der Waals surface area (Å²) in [5.74, 6) is 0.994. The van der Waals surface area contributed by atoms with Gasteiger partial charge in [0.05, 0.1) is 28.2 Å². The molecule has 0 aliphatic carbocycles. The van der Waals surface area contributed by atoms with Crippen LogP contribution in [-0.4, -0.2) is 79.6 Å². The average Bonchev–Trinajstić information content (AvgIpc) is 2.97. The van der Waals surface area contributed by atoms with Crippen LogP contribution in [0.5, 0.6) is 0 Å². The molecule has 0 spiro atoms. The number of halogens is 6. The number of amides is 2. The van der Waals surface area contributed by atoms with Crippen LogP contribution in [-0.2, 0) is 18.6 Å². The van der Waals surface area contributed by atoms with Gasteiger partial charge in [0.2, 0.25) is 5.82 Å². The number of nitrogens with zero attached hydrogens (tertiary/aromatic N) is 5. The molecule has 0 radical (unpaired) electrons. The van der Waals surface area contributed by atoms with Crippen molar-refractivity contribution < 1.29 is 36.2 Å². The highest BCUT2D eigenvalue weighted by Gasteiger charge is 2.71. The molecule has 0 saturated carbocycles. The maximum atomic E-state index is 13.7. The van der Waals surface area contributed by atoms with Crippen molar-refractivity contribution in [2.24, 2.45) is 5.92 Å². The van der Waals surface area contributed by atoms with Gasteiger partial charge in [0.15, 0.2) is 0 Å². The summed E-state index contributed by atoms with van der Waals surface area (Å²) in [5, 5.41) is 9.61. The number of aliphatic hydroxyl groups is 1. The number of alkyl halides is 6. The number of carbonyl (C=O) groups excluding carboxylic acids is 1. The number of rotatable bonds is 7. The molecule has 0 unspecified atom stereocenters. The van der Waals surface area contributed by atoms with Crippen LogP contribution in [0.3, 0.4) is 0 Å². The fraction of sp³-hybridized carbons (Fsp3) is 0.469. The number of piperidine rings is 1. The van der Waals surface area contributed by atoms with Gasteiger partial charge in [0.25, 0.3) is 5.60 Å². The lowest BCUT2D eigenvalue weighted by Gasteiger charge is -2.34. The molecule has 0 atom stereocenters. The Bertz CT molecular complexity index is 1470. The quantitative estimate of drug-likeness (QED) is 0.236. The first-order valence-corrected chi connectivity index (χ1v) is 14.6. The van der Waals surface area contributed by atoms with E-state index in [1.165, 1.54) is 18.5 Å². The Labute approximate surface area is 258 Å². The van der Waals surface area contributed by atoms with Gasteiger partial charge in [-0.05, 0) is 56.3 Å². The molecule has 45 heavy (non-hydrogen) atoms. The largest absolute Gasteiger partial charge is 0.524 e. The van der Waals surface area contributed by atoms with Crippen molar-refractivity contribution in [1.29, 1.82) is 0 Å². The highest BCUT2D eigenvalue weighted by molar-refractivity contribution is 5.94. The minimum absolute atomic E-state index is 0.0220. The molecule has 4 rings (SSSR count). The lowest BCUT2D eigenvalue weighted by Crippen LogP contribution is -2.62. The van der Waals surface area contributed by atoms with Gasteiger partial charge < -0.3 is 5.11 Å². The predicted molar refractivity (Wildman–Crippen MR) is 160 cm³/mol. The molecular formula is C32H39F6N5O2+2. The fourth-order valence-corrected chi connectivity index (χ4v) is 6.19. The second-order valence-corrected chi connectivity index (χ2v) is 12.7. The molecule has 3 aromatic rings. The van der Waals surface area contributed by atoms with Gasteiger partial charge in [-0.1, -0.05) is 36.4 Å². The Morgan fingerprint density at radius 2 is 1.47 bits per heavy atom. The van der Waals surface area contributed by atoms with Crippen molar-refractivity contribution in [3.63, 3.8) is 0 Å². The maximum Gasteiger partial charge on any atom is 0.524 e. The van der Waals surface area contributed by atoms with Crippen LogP contribution < -0.4 is 8.97 Å². The summed E-state index contributed by atoms with van der Waals surface area (Å²) in [7, 11) is 7.33. The minimum Gasteiger partial charge on any atom is -0.369 e. The monoisotopic (exact) mass is 639 g/mol. The number of carbonyl (C=O) groups is 1. The highest BCUT2D eigenvalue weighted by atomic mass is 19.4. The number of likely N-dealkylation sites (tertiary alicyclic amines) is 1. The number of benzene rings is 2. The van der Waals surface area contributed by atoms with Gasteiger partial charge in [-0.15, -0.1) is 0 Å². The molecule has 1 aromatic heterocycles. The van der Waals surface area contributed by atoms with Crippen LogP contribution >= 0.6 is 0 Å². The van der Waals surface area contributed by atoms with Gasteiger partial charge in [-0.25, -0.2) is 4.98 Å². The Kier molecular flexibility index (Phi) is 9.52. The third-order valence-corrected chi connectivity index (χ3v) is 8.79. The molecule has 1 aliphatic rings. The van der Waals surface area contributed by atoms with Crippen LogP contribution in [0.1, 0.15) is 35.1 Å². The van der Waals surface area contributed by atoms with E-state index in [4.69, 9.17) is 0 Å². The van der Waals surface area contributed by atoms with Crippen molar-refractivity contribution in [1.82, 2.24) is 23.8 Å². The van der Waals surface area contributed by atoms with E-state index in [1.54, 1.807) is 26.4 Å². The molecular weight excluding hydrogens is 600 g/mol. The van der Waals surface area contributed by atoms with Gasteiger partial charge in [0.1, 0.15) is 12.0 Å². The fourth-order valence-electron chi connectivity index (χ4n) is 6.19. The molecule has 244 valence electrons. The first-order valence-electron chi connectivity index (χ1n) is 14.6. The second-order valence-electron chi connectivity index (χ2n) is 12.7. The Morgan fingerprint density at radius 3 is 1.98 bits per heavy atom. The predicted octanol–water partition coefficient (Wildman–Crippen LogP) is 6.51. The van der Waals surface area contributed by atoms with E-state index >= 15 is 0 Å². The van der Waals surface area contributed by atoms with Gasteiger partial charge in [0, 0.05) is 36.0 Å². The van der Waals surface area contributed by atoms with Crippen LogP contribution in [0.25, 0.3) is 0 Å². The molecule has 1 saturated heterocycles. The number of hydrogen-bond acceptors (Lipinski definition) is 5. The Hall–Kier alpha value is -3.39. The van der Waals surface area contributed by atoms with Crippen molar-refractivity contribution in [3.05, 3.63) is 83.3 Å². The van der Waals surface area contributed by atoms with Gasteiger partial charge >= 0.3 is 18.4 Å². The second kappa shape index (κ2) is 12.4. The van der Waals surface area contributed by atoms with Crippen molar-refractivity contribution in [3.8, 4) is 0 Å². The van der Waals surface area contributed by atoms with Crippen LogP contribution in [0.15, 0.2) is 61.1 Å². The highest BCUT2D eigenvalue weighted by Crippen LogP contribution is 2.50. The smallest absolute Gasteiger partial charge is 0.369 e. The van der Waals surface area contributed by atoms with E-state index in [-0.39, 0.29) is 15.0 Å². The maximum absolute atomic E-state index is 13.7. The summed E-state index contributed by atoms with van der Waals surface area (Å²) in [6, 6.07) is 11.6. The van der Waals surface area contributed by atoms with Crippen molar-refractivity contribution >= 4 is 17.5 Å². The number of hydrogen-bond donors (Lipinski definition) is 1. The molecule has 1 fully saturated rings. The lowest BCUT2D eigenvalue weighted by molar-refractivity contribution is -0.376. The van der Waals surface area contributed by atoms with E-state index in [2.05, 4.69) is 27.0 Å². The number of urea groups is 1. The zero-order valence-corrected chi connectivity index (χ0v) is 26.0. The topological polar surface area (TPSA) is 66.3 Å². The number of aromatic nitrogens is 2. The molecule has 1 aliphatic heterocycles. The molecule has 1 N–H and O–H groups in total. The SMILES string of the molecule is Cc1cc(CC2CCN(Cc3ccc(C(O)(C(F)(F)F)C(F)(F)F)cc3)CC2)ccc1[N+](C)(C)C(=O)[N+](C)(C)c1ccncn1. The molecule has 2 aromatic carbocycles. The molecule has 0 bridgehead atoms. The van der Waals surface area contributed by atoms with E-state index in [9.17, 15) is 36.2 Å². The zero-order valence-electron chi connectivity index (χ0n) is 26.0. The Morgan fingerprint density at radius 1 is 0.889 bits per heavy atom. The van der Waals surface area contributed by atoms with E-state index < -0.39 is 23.5 Å². The third-order valence-electron chi connectivity index (χ3n) is 8.79. The molecule has 7 nitrogen and oxygen atoms in total. The van der Waals surface area contributed by atoms with E-state index in [0.717, 1.165) is 49.2 Å². The summed E-state index contributed by atoms with van der Waals surface area (Å²) in [6.07, 6.45) is -6.17. The van der Waals surface area contributed by atoms with E-state index in [0.29, 0.717) is 36.0 Å². The first kappa shape index (κ1) is 34.5. The molecule has 2 amide bonds. The summed E-state index contributed by atoms with van der Waals surface area (Å²) >= 11 is 0. The average molecular weight is 640 g/mol. The summed E-state index contributed by atoms with van der Waals surface area (Å²) in [4.78, 5) is 24.1. The first-order chi connectivity index (χ1) is 20.8. The minimum atomic E-state index is -5.91. The van der Waals surface area contributed by atoms with Crippen molar-refractivity contribution in [2.45, 2.75) is 50.7 Å². The standard InChI is InChI=1S/C32H39F6N5O2/c1-22-18-25(8-11-27(22)42(2,3)29(44)43(4,5)28-12-15-39-21-40-28)19-23-13-16-41(17-14-23)20-24-6-9-26(10-7-24)30(45,31(33,34)35)32(36,37)38/h6-12,15,18,21,23,45H,13-14,16-17,19-20H2,1-5H3/q+2. The third kappa shape index (κ3) is 6.91. The Balaban J connectivity index is 1.36.